The Morgan fingerprint density at radius 3 is 2.18 bits per heavy atom. The summed E-state index contributed by atoms with van der Waals surface area (Å²) in [5.74, 6) is 0. The molecule has 118 valence electrons. The molecular weight excluding hydrogens is 281 g/mol. The molecule has 1 heterocycles. The number of aliphatic hydroxyl groups excluding tert-OH is 1. The Kier molecular flexibility index (Phi) is 4.75. The molecule has 5 nitrogen and oxygen atoms in total. The van der Waals surface area contributed by atoms with Gasteiger partial charge in [0.15, 0.2) is 0 Å². The molecule has 1 aliphatic heterocycles. The topological polar surface area (TPSA) is 71.3 Å². The lowest BCUT2D eigenvalue weighted by atomic mass is 9.77. The van der Waals surface area contributed by atoms with Crippen molar-refractivity contribution >= 4 is 19.4 Å². The number of rotatable bonds is 4. The zero-order valence-electron chi connectivity index (χ0n) is 13.4. The predicted molar refractivity (Wildman–Crippen MR) is 87.0 cm³/mol. The first-order chi connectivity index (χ1) is 10.3. The van der Waals surface area contributed by atoms with Gasteiger partial charge in [-0.15, -0.1) is 0 Å². The van der Waals surface area contributed by atoms with Gasteiger partial charge in [0.05, 0.1) is 24.0 Å². The van der Waals surface area contributed by atoms with Gasteiger partial charge in [0.25, 0.3) is 0 Å². The molecule has 2 rings (SSSR count). The summed E-state index contributed by atoms with van der Waals surface area (Å²) in [6, 6.07) is 7.42. The molecule has 1 aromatic carbocycles. The van der Waals surface area contributed by atoms with Crippen molar-refractivity contribution in [3.05, 3.63) is 40.9 Å². The average Bonchev–Trinajstić information content (AvgIpc) is 2.66. The molecule has 0 unspecified atom stereocenters. The van der Waals surface area contributed by atoms with Gasteiger partial charge in [-0.3, -0.25) is 0 Å². The van der Waals surface area contributed by atoms with E-state index in [0.29, 0.717) is 5.47 Å². The molecule has 0 aromatic heterocycles. The van der Waals surface area contributed by atoms with Crippen molar-refractivity contribution in [1.29, 1.82) is 0 Å². The summed E-state index contributed by atoms with van der Waals surface area (Å²) in [6.45, 7) is 7.69. The molecule has 1 aromatic rings. The highest BCUT2D eigenvalue weighted by atomic mass is 16.7. The van der Waals surface area contributed by atoms with Crippen LogP contribution in [0.3, 0.4) is 0 Å². The number of hydrogen-bond donors (Lipinski definition) is 2. The van der Waals surface area contributed by atoms with Crippen LogP contribution < -0.4 is 0 Å². The average molecular weight is 303 g/mol. The van der Waals surface area contributed by atoms with Crippen molar-refractivity contribution in [1.82, 2.24) is 0 Å². The van der Waals surface area contributed by atoms with Crippen LogP contribution in [0.15, 0.2) is 34.9 Å². The summed E-state index contributed by atoms with van der Waals surface area (Å²) in [4.78, 5) is 0. The van der Waals surface area contributed by atoms with E-state index in [1.54, 1.807) is 6.08 Å². The second-order valence-electron chi connectivity index (χ2n) is 6.34. The third-order valence-electron chi connectivity index (χ3n) is 4.27. The van der Waals surface area contributed by atoms with Crippen LogP contribution >= 0.6 is 0 Å². The number of benzene rings is 1. The smallest absolute Gasteiger partial charge is 0.411 e. The Morgan fingerprint density at radius 2 is 1.68 bits per heavy atom. The van der Waals surface area contributed by atoms with E-state index in [-0.39, 0.29) is 6.61 Å². The molecule has 0 radical (unpaired) electrons. The Morgan fingerprint density at radius 1 is 1.14 bits per heavy atom. The normalized spacial score (nSPS) is 20.8. The van der Waals surface area contributed by atoms with Crippen LogP contribution in [0, 0.1) is 0 Å². The van der Waals surface area contributed by atoms with Gasteiger partial charge in [-0.1, -0.05) is 35.5 Å². The van der Waals surface area contributed by atoms with Gasteiger partial charge < -0.3 is 19.6 Å². The molecule has 1 saturated heterocycles. The van der Waals surface area contributed by atoms with Crippen LogP contribution in [0.2, 0.25) is 0 Å². The van der Waals surface area contributed by atoms with Crippen molar-refractivity contribution in [2.45, 2.75) is 38.9 Å². The second kappa shape index (κ2) is 6.24. The lowest BCUT2D eigenvalue weighted by Crippen LogP contribution is -2.41. The summed E-state index contributed by atoms with van der Waals surface area (Å²) in [7, 11) is -0.603. The van der Waals surface area contributed by atoms with Gasteiger partial charge in [0.2, 0.25) is 0 Å². The fraction of sp³-hybridized carbons (Fsp3) is 0.438. The van der Waals surface area contributed by atoms with Gasteiger partial charge in [-0.25, -0.2) is 0 Å². The van der Waals surface area contributed by atoms with E-state index in [2.05, 4.69) is 5.16 Å². The van der Waals surface area contributed by atoms with Crippen molar-refractivity contribution in [3.63, 3.8) is 0 Å². The molecular formula is C16H22BNO4. The Labute approximate surface area is 131 Å². The zero-order valence-corrected chi connectivity index (χ0v) is 13.4. The van der Waals surface area contributed by atoms with Crippen molar-refractivity contribution < 1.29 is 19.6 Å². The van der Waals surface area contributed by atoms with Crippen molar-refractivity contribution in [2.24, 2.45) is 5.16 Å². The third-order valence-corrected chi connectivity index (χ3v) is 4.27. The monoisotopic (exact) mass is 303 g/mol. The van der Waals surface area contributed by atoms with Gasteiger partial charge in [0, 0.05) is 5.56 Å². The lowest BCUT2D eigenvalue weighted by molar-refractivity contribution is 0.00578. The highest BCUT2D eigenvalue weighted by Gasteiger charge is 2.52. The molecule has 0 amide bonds. The van der Waals surface area contributed by atoms with Gasteiger partial charge in [-0.2, -0.15) is 0 Å². The summed E-state index contributed by atoms with van der Waals surface area (Å²) in [5.41, 5.74) is 1.26. The predicted octanol–water partition coefficient (Wildman–Crippen LogP) is 2.50. The second-order valence-corrected chi connectivity index (χ2v) is 6.34. The standard InChI is InChI=1S/C16H22BNO4/c1-15(2)16(3,4)22-17(21-15)14(11-19)9-12-7-5-6-8-13(12)10-18-20/h5-10,19-20H,11H2,1-4H3. The van der Waals surface area contributed by atoms with Crippen LogP contribution in [0.1, 0.15) is 38.8 Å². The van der Waals surface area contributed by atoms with Crippen molar-refractivity contribution in [2.75, 3.05) is 6.61 Å². The Bertz CT molecular complexity index is 580. The molecule has 0 spiro atoms. The minimum absolute atomic E-state index is 0.179. The maximum absolute atomic E-state index is 9.70. The molecule has 2 N–H and O–H groups in total. The number of hydrogen-bond acceptors (Lipinski definition) is 5. The minimum atomic E-state index is -0.603. The highest BCUT2D eigenvalue weighted by molar-refractivity contribution is 6.55. The maximum Gasteiger partial charge on any atom is 0.492 e. The van der Waals surface area contributed by atoms with E-state index in [1.807, 2.05) is 52.0 Å². The fourth-order valence-corrected chi connectivity index (χ4v) is 2.20. The number of nitrogens with zero attached hydrogens (tertiary/aromatic N) is 1. The molecule has 0 atom stereocenters. The molecule has 0 bridgehead atoms. The largest absolute Gasteiger partial charge is 0.492 e. The van der Waals surface area contributed by atoms with Crippen LogP contribution in [0.4, 0.5) is 0 Å². The van der Waals surface area contributed by atoms with Gasteiger partial charge in [-0.05, 0) is 38.7 Å². The Balaban J connectivity index is 2.34. The first-order valence-corrected chi connectivity index (χ1v) is 7.24. The molecule has 1 aliphatic rings. The van der Waals surface area contributed by atoms with Crippen LogP contribution in [-0.2, 0) is 9.31 Å². The SMILES string of the molecule is CC1(C)OB(C(=Cc2ccccc2C=NO)CO)OC1(C)C. The molecule has 0 aliphatic carbocycles. The summed E-state index contributed by atoms with van der Waals surface area (Å²) in [6.07, 6.45) is 3.16. The van der Waals surface area contributed by atoms with E-state index >= 15 is 0 Å². The van der Waals surface area contributed by atoms with E-state index < -0.39 is 18.3 Å². The molecule has 0 saturated carbocycles. The fourth-order valence-electron chi connectivity index (χ4n) is 2.20. The maximum atomic E-state index is 9.70. The quantitative estimate of drug-likeness (QED) is 0.388. The van der Waals surface area contributed by atoms with Crippen molar-refractivity contribution in [3.8, 4) is 0 Å². The Hall–Kier alpha value is -1.63. The first-order valence-electron chi connectivity index (χ1n) is 7.24. The summed E-state index contributed by atoms with van der Waals surface area (Å²) >= 11 is 0. The molecule has 6 heteroatoms. The van der Waals surface area contributed by atoms with E-state index in [9.17, 15) is 5.11 Å². The molecule has 22 heavy (non-hydrogen) atoms. The first kappa shape index (κ1) is 16.7. The van der Waals surface area contributed by atoms with E-state index in [0.717, 1.165) is 11.1 Å². The zero-order chi connectivity index (χ0) is 16.4. The number of oxime groups is 1. The van der Waals surface area contributed by atoms with Gasteiger partial charge >= 0.3 is 7.12 Å². The third kappa shape index (κ3) is 3.24. The summed E-state index contributed by atoms with van der Waals surface area (Å²) < 4.78 is 11.9. The van der Waals surface area contributed by atoms with Crippen LogP contribution in [-0.4, -0.2) is 41.5 Å². The molecule has 1 fully saturated rings. The van der Waals surface area contributed by atoms with Gasteiger partial charge in [0.1, 0.15) is 0 Å². The van der Waals surface area contributed by atoms with Crippen LogP contribution in [0.25, 0.3) is 6.08 Å². The highest BCUT2D eigenvalue weighted by Crippen LogP contribution is 2.38. The minimum Gasteiger partial charge on any atom is -0.411 e. The number of aliphatic hydroxyl groups is 1. The van der Waals surface area contributed by atoms with E-state index in [4.69, 9.17) is 14.5 Å². The summed E-state index contributed by atoms with van der Waals surface area (Å²) in [5, 5.41) is 21.5. The van der Waals surface area contributed by atoms with E-state index in [1.165, 1.54) is 6.21 Å². The lowest BCUT2D eigenvalue weighted by Gasteiger charge is -2.32. The van der Waals surface area contributed by atoms with Crippen LogP contribution in [0.5, 0.6) is 0 Å².